The molecule has 1 rings (SSSR count). The molecule has 0 N–H and O–H groups in total. The molecule has 1 aromatic carbocycles. The van der Waals surface area contributed by atoms with Crippen LogP contribution in [-0.4, -0.2) is 18.7 Å². The van der Waals surface area contributed by atoms with Crippen LogP contribution < -0.4 is 4.74 Å². The van der Waals surface area contributed by atoms with Crippen LogP contribution in [-0.2, 0) is 0 Å². The predicted molar refractivity (Wildman–Crippen MR) is 57.7 cm³/mol. The Morgan fingerprint density at radius 1 is 1.47 bits per heavy atom. The van der Waals surface area contributed by atoms with Crippen LogP contribution in [0.5, 0.6) is 5.75 Å². The molecule has 0 heterocycles. The van der Waals surface area contributed by atoms with Crippen LogP contribution >= 0.6 is 0 Å². The monoisotopic (exact) mass is 206 g/mol. The first-order valence-corrected chi connectivity index (χ1v) is 4.83. The first kappa shape index (κ1) is 11.4. The van der Waals surface area contributed by atoms with Crippen molar-refractivity contribution in [3.63, 3.8) is 0 Å². The fourth-order valence-electron chi connectivity index (χ4n) is 1.46. The van der Waals surface area contributed by atoms with Crippen LogP contribution in [0.15, 0.2) is 12.1 Å². The molecule has 0 bridgehead atoms. The van der Waals surface area contributed by atoms with E-state index in [4.69, 9.17) is 4.74 Å². The van der Waals surface area contributed by atoms with Crippen LogP contribution in [0, 0.1) is 6.92 Å². The maximum Gasteiger partial charge on any atom is 0.160 e. The Morgan fingerprint density at radius 2 is 2.13 bits per heavy atom. The molecule has 80 valence electrons. The zero-order valence-corrected chi connectivity index (χ0v) is 9.16. The van der Waals surface area contributed by atoms with Gasteiger partial charge in [-0.1, -0.05) is 0 Å². The van der Waals surface area contributed by atoms with Crippen LogP contribution in [0.4, 0.5) is 0 Å². The Hall–Kier alpha value is -1.64. The second kappa shape index (κ2) is 4.73. The summed E-state index contributed by atoms with van der Waals surface area (Å²) in [5.41, 5.74) is 1.89. The minimum Gasteiger partial charge on any atom is -0.493 e. The van der Waals surface area contributed by atoms with Gasteiger partial charge in [-0.25, -0.2) is 0 Å². The summed E-state index contributed by atoms with van der Waals surface area (Å²) in [6, 6.07) is 3.31. The molecular formula is C12H14O3. The van der Waals surface area contributed by atoms with E-state index < -0.39 is 0 Å². The van der Waals surface area contributed by atoms with Gasteiger partial charge in [-0.3, -0.25) is 9.59 Å². The molecule has 0 aliphatic rings. The molecule has 3 nitrogen and oxygen atoms in total. The molecule has 0 spiro atoms. The van der Waals surface area contributed by atoms with E-state index in [0.717, 1.165) is 11.8 Å². The highest BCUT2D eigenvalue weighted by Gasteiger charge is 2.10. The second-order valence-corrected chi connectivity index (χ2v) is 3.31. The van der Waals surface area contributed by atoms with Crippen molar-refractivity contribution in [2.75, 3.05) is 6.61 Å². The van der Waals surface area contributed by atoms with E-state index in [1.54, 1.807) is 19.1 Å². The van der Waals surface area contributed by atoms with Gasteiger partial charge in [0.15, 0.2) is 12.1 Å². The molecule has 1 aromatic rings. The van der Waals surface area contributed by atoms with Crippen molar-refractivity contribution in [1.82, 2.24) is 0 Å². The van der Waals surface area contributed by atoms with Gasteiger partial charge in [0.05, 0.1) is 12.2 Å². The number of aryl methyl sites for hydroxylation is 1. The Labute approximate surface area is 89.1 Å². The summed E-state index contributed by atoms with van der Waals surface area (Å²) in [5.74, 6) is 0.453. The van der Waals surface area contributed by atoms with Crippen molar-refractivity contribution in [3.05, 3.63) is 28.8 Å². The smallest absolute Gasteiger partial charge is 0.160 e. The van der Waals surface area contributed by atoms with E-state index in [1.165, 1.54) is 6.92 Å². The number of aldehydes is 1. The first-order valence-electron chi connectivity index (χ1n) is 4.83. The second-order valence-electron chi connectivity index (χ2n) is 3.31. The Balaban J connectivity index is 3.29. The molecule has 0 radical (unpaired) electrons. The lowest BCUT2D eigenvalue weighted by molar-refractivity contribution is 0.101. The number of carbonyl (C=O) groups excluding carboxylic acids is 2. The SMILES string of the molecule is CCOc1cc(C(C)=O)c(C)cc1C=O. The third-order valence-corrected chi connectivity index (χ3v) is 2.16. The minimum absolute atomic E-state index is 0.0223. The van der Waals surface area contributed by atoms with Gasteiger partial charge >= 0.3 is 0 Å². The number of rotatable bonds is 4. The Morgan fingerprint density at radius 3 is 2.60 bits per heavy atom. The quantitative estimate of drug-likeness (QED) is 0.561. The topological polar surface area (TPSA) is 43.4 Å². The molecule has 0 unspecified atom stereocenters. The fourth-order valence-corrected chi connectivity index (χ4v) is 1.46. The number of ether oxygens (including phenoxy) is 1. The van der Waals surface area contributed by atoms with Gasteiger partial charge in [0.2, 0.25) is 0 Å². The molecule has 0 atom stereocenters. The van der Waals surface area contributed by atoms with E-state index in [-0.39, 0.29) is 5.78 Å². The van der Waals surface area contributed by atoms with Gasteiger partial charge in [-0.15, -0.1) is 0 Å². The average molecular weight is 206 g/mol. The van der Waals surface area contributed by atoms with Gasteiger partial charge in [0, 0.05) is 5.56 Å². The maximum atomic E-state index is 11.3. The van der Waals surface area contributed by atoms with Crippen molar-refractivity contribution in [2.45, 2.75) is 20.8 Å². The highest BCUT2D eigenvalue weighted by atomic mass is 16.5. The molecule has 15 heavy (non-hydrogen) atoms. The van der Waals surface area contributed by atoms with E-state index in [9.17, 15) is 9.59 Å². The highest BCUT2D eigenvalue weighted by molar-refractivity contribution is 5.97. The summed E-state index contributed by atoms with van der Waals surface area (Å²) in [7, 11) is 0. The van der Waals surface area contributed by atoms with E-state index in [1.807, 2.05) is 6.92 Å². The van der Waals surface area contributed by atoms with Crippen molar-refractivity contribution < 1.29 is 14.3 Å². The van der Waals surface area contributed by atoms with Gasteiger partial charge in [0.1, 0.15) is 5.75 Å². The molecular weight excluding hydrogens is 192 g/mol. The van der Waals surface area contributed by atoms with Crippen LogP contribution in [0.25, 0.3) is 0 Å². The summed E-state index contributed by atoms with van der Waals surface area (Å²) in [4.78, 5) is 22.0. The van der Waals surface area contributed by atoms with Gasteiger partial charge in [-0.2, -0.15) is 0 Å². The van der Waals surface area contributed by atoms with E-state index in [0.29, 0.717) is 23.5 Å². The van der Waals surface area contributed by atoms with Crippen molar-refractivity contribution in [3.8, 4) is 5.75 Å². The maximum absolute atomic E-state index is 11.3. The van der Waals surface area contributed by atoms with Crippen molar-refractivity contribution in [2.24, 2.45) is 0 Å². The lowest BCUT2D eigenvalue weighted by Crippen LogP contribution is -2.02. The fraction of sp³-hybridized carbons (Fsp3) is 0.333. The minimum atomic E-state index is -0.0223. The van der Waals surface area contributed by atoms with Crippen LogP contribution in [0.2, 0.25) is 0 Å². The summed E-state index contributed by atoms with van der Waals surface area (Å²) in [5, 5.41) is 0. The van der Waals surface area contributed by atoms with Gasteiger partial charge in [-0.05, 0) is 38.5 Å². The molecule has 3 heteroatoms. The van der Waals surface area contributed by atoms with E-state index in [2.05, 4.69) is 0 Å². The molecule has 0 amide bonds. The predicted octanol–water partition coefficient (Wildman–Crippen LogP) is 2.41. The standard InChI is InChI=1S/C12H14O3/c1-4-15-12-6-11(9(3)14)8(2)5-10(12)7-13/h5-7H,4H2,1-3H3. The lowest BCUT2D eigenvalue weighted by atomic mass is 10.0. The van der Waals surface area contributed by atoms with Crippen LogP contribution in [0.1, 0.15) is 40.1 Å². The number of hydrogen-bond acceptors (Lipinski definition) is 3. The Kier molecular flexibility index (Phi) is 3.61. The third-order valence-electron chi connectivity index (χ3n) is 2.16. The largest absolute Gasteiger partial charge is 0.493 e. The first-order chi connectivity index (χ1) is 7.10. The van der Waals surface area contributed by atoms with Crippen molar-refractivity contribution >= 4 is 12.1 Å². The molecule has 0 aliphatic heterocycles. The van der Waals surface area contributed by atoms with Crippen molar-refractivity contribution in [1.29, 1.82) is 0 Å². The Bertz CT molecular complexity index is 394. The van der Waals surface area contributed by atoms with Crippen LogP contribution in [0.3, 0.4) is 0 Å². The number of Topliss-reactive ketones (excluding diaryl/α,β-unsaturated/α-hetero) is 1. The van der Waals surface area contributed by atoms with E-state index >= 15 is 0 Å². The van der Waals surface area contributed by atoms with Gasteiger partial charge in [0.25, 0.3) is 0 Å². The average Bonchev–Trinajstić information content (AvgIpc) is 2.20. The molecule has 0 saturated heterocycles. The molecule has 0 fully saturated rings. The third kappa shape index (κ3) is 2.43. The normalized spacial score (nSPS) is 9.80. The lowest BCUT2D eigenvalue weighted by Gasteiger charge is -2.09. The summed E-state index contributed by atoms with van der Waals surface area (Å²) in [6.07, 6.45) is 0.738. The molecule has 0 saturated carbocycles. The number of benzene rings is 1. The number of hydrogen-bond donors (Lipinski definition) is 0. The summed E-state index contributed by atoms with van der Waals surface area (Å²) < 4.78 is 5.29. The number of carbonyl (C=O) groups is 2. The zero-order chi connectivity index (χ0) is 11.4. The summed E-state index contributed by atoms with van der Waals surface area (Å²) in [6.45, 7) is 5.61. The molecule has 0 aliphatic carbocycles. The zero-order valence-electron chi connectivity index (χ0n) is 9.16. The molecule has 0 aromatic heterocycles. The highest BCUT2D eigenvalue weighted by Crippen LogP contribution is 2.22. The number of ketones is 1. The summed E-state index contributed by atoms with van der Waals surface area (Å²) >= 11 is 0. The van der Waals surface area contributed by atoms with Gasteiger partial charge < -0.3 is 4.74 Å².